The molecule has 2 nitrogen and oxygen atoms in total. The molecule has 2 aromatic carbocycles. The van der Waals surface area contributed by atoms with Crippen molar-refractivity contribution in [2.24, 2.45) is 5.10 Å². The van der Waals surface area contributed by atoms with Crippen LogP contribution in [0.1, 0.15) is 12.5 Å². The van der Waals surface area contributed by atoms with E-state index in [1.54, 1.807) is 19.1 Å². The normalized spacial score (nSPS) is 11.5. The lowest BCUT2D eigenvalue weighted by Gasteiger charge is -2.04. The van der Waals surface area contributed by atoms with Crippen molar-refractivity contribution in [2.45, 2.75) is 6.92 Å². The highest BCUT2D eigenvalue weighted by molar-refractivity contribution is 5.99. The minimum absolute atomic E-state index is 0.0721. The molecular formula is C14H11F3N2. The van der Waals surface area contributed by atoms with Crippen molar-refractivity contribution >= 4 is 11.4 Å². The first-order chi connectivity index (χ1) is 9.06. The van der Waals surface area contributed by atoms with Gasteiger partial charge in [0.25, 0.3) is 0 Å². The molecule has 2 aromatic rings. The summed E-state index contributed by atoms with van der Waals surface area (Å²) in [5, 5.41) is 3.97. The van der Waals surface area contributed by atoms with Crippen LogP contribution in [0.25, 0.3) is 0 Å². The molecule has 0 radical (unpaired) electrons. The standard InChI is InChI=1S/C14H11F3N2/c1-9(10-2-4-11(15)5-3-10)18-19-14-7-6-12(16)8-13(14)17/h2-8,19H,1H3/b18-9-. The van der Waals surface area contributed by atoms with Gasteiger partial charge in [-0.15, -0.1) is 0 Å². The summed E-state index contributed by atoms with van der Waals surface area (Å²) >= 11 is 0. The summed E-state index contributed by atoms with van der Waals surface area (Å²) in [4.78, 5) is 0. The minimum Gasteiger partial charge on any atom is -0.275 e. The number of hydrazone groups is 1. The first-order valence-electron chi connectivity index (χ1n) is 5.57. The van der Waals surface area contributed by atoms with Gasteiger partial charge in [0.05, 0.1) is 11.4 Å². The maximum atomic E-state index is 13.3. The first kappa shape index (κ1) is 13.1. The number of nitrogens with zero attached hydrogens (tertiary/aromatic N) is 1. The lowest BCUT2D eigenvalue weighted by atomic mass is 10.1. The molecule has 0 fully saturated rings. The number of hydrogen-bond acceptors (Lipinski definition) is 2. The second-order valence-electron chi connectivity index (χ2n) is 3.94. The highest BCUT2D eigenvalue weighted by Gasteiger charge is 2.03. The molecule has 0 spiro atoms. The summed E-state index contributed by atoms with van der Waals surface area (Å²) in [6.45, 7) is 1.70. The monoisotopic (exact) mass is 264 g/mol. The SMILES string of the molecule is C/C(=N/Nc1ccc(F)cc1F)c1ccc(F)cc1. The average Bonchev–Trinajstić information content (AvgIpc) is 2.38. The Kier molecular flexibility index (Phi) is 3.85. The van der Waals surface area contributed by atoms with Crippen molar-refractivity contribution < 1.29 is 13.2 Å². The lowest BCUT2D eigenvalue weighted by Crippen LogP contribution is -2.01. The highest BCUT2D eigenvalue weighted by atomic mass is 19.1. The summed E-state index contributed by atoms with van der Waals surface area (Å²) < 4.78 is 38.8. The average molecular weight is 264 g/mol. The summed E-state index contributed by atoms with van der Waals surface area (Å²) in [6.07, 6.45) is 0. The molecule has 0 unspecified atom stereocenters. The first-order valence-corrected chi connectivity index (χ1v) is 5.57. The molecule has 1 N–H and O–H groups in total. The summed E-state index contributed by atoms with van der Waals surface area (Å²) in [5.41, 5.74) is 3.84. The van der Waals surface area contributed by atoms with Gasteiger partial charge in [-0.2, -0.15) is 5.10 Å². The Morgan fingerprint density at radius 3 is 2.21 bits per heavy atom. The van der Waals surface area contributed by atoms with Gasteiger partial charge in [-0.05, 0) is 36.8 Å². The van der Waals surface area contributed by atoms with Crippen LogP contribution < -0.4 is 5.43 Å². The topological polar surface area (TPSA) is 24.4 Å². The smallest absolute Gasteiger partial charge is 0.151 e. The maximum Gasteiger partial charge on any atom is 0.151 e. The molecular weight excluding hydrogens is 253 g/mol. The largest absolute Gasteiger partial charge is 0.275 e. The third-order valence-corrected chi connectivity index (χ3v) is 2.54. The number of halogens is 3. The van der Waals surface area contributed by atoms with Gasteiger partial charge < -0.3 is 0 Å². The second-order valence-corrected chi connectivity index (χ2v) is 3.94. The van der Waals surface area contributed by atoms with Gasteiger partial charge in [0, 0.05) is 6.07 Å². The van der Waals surface area contributed by atoms with Crippen molar-refractivity contribution in [2.75, 3.05) is 5.43 Å². The molecule has 0 atom stereocenters. The summed E-state index contributed by atoms with van der Waals surface area (Å²) in [5.74, 6) is -1.72. The molecule has 2 rings (SSSR count). The van der Waals surface area contributed by atoms with E-state index in [4.69, 9.17) is 0 Å². The molecule has 19 heavy (non-hydrogen) atoms. The number of hydrogen-bond donors (Lipinski definition) is 1. The van der Waals surface area contributed by atoms with E-state index in [0.29, 0.717) is 11.3 Å². The van der Waals surface area contributed by atoms with Crippen molar-refractivity contribution in [1.29, 1.82) is 0 Å². The Hall–Kier alpha value is -2.30. The van der Waals surface area contributed by atoms with Crippen LogP contribution in [0.15, 0.2) is 47.6 Å². The Morgan fingerprint density at radius 2 is 1.58 bits per heavy atom. The van der Waals surface area contributed by atoms with E-state index in [-0.39, 0.29) is 11.5 Å². The van der Waals surface area contributed by atoms with Crippen molar-refractivity contribution in [1.82, 2.24) is 0 Å². The highest BCUT2D eigenvalue weighted by Crippen LogP contribution is 2.15. The van der Waals surface area contributed by atoms with Crippen LogP contribution in [0.2, 0.25) is 0 Å². The van der Waals surface area contributed by atoms with Gasteiger partial charge in [0.15, 0.2) is 5.82 Å². The van der Waals surface area contributed by atoms with Crippen LogP contribution in [-0.4, -0.2) is 5.71 Å². The van der Waals surface area contributed by atoms with Gasteiger partial charge in [0.1, 0.15) is 11.6 Å². The van der Waals surface area contributed by atoms with Crippen molar-refractivity contribution in [3.63, 3.8) is 0 Å². The minimum atomic E-state index is -0.726. The molecule has 0 aliphatic rings. The predicted molar refractivity (Wildman–Crippen MR) is 68.6 cm³/mol. The summed E-state index contributed by atoms with van der Waals surface area (Å²) in [7, 11) is 0. The van der Waals surface area contributed by atoms with E-state index in [9.17, 15) is 13.2 Å². The molecule has 0 bridgehead atoms. The third-order valence-electron chi connectivity index (χ3n) is 2.54. The van der Waals surface area contributed by atoms with E-state index in [1.165, 1.54) is 18.2 Å². The lowest BCUT2D eigenvalue weighted by molar-refractivity contribution is 0.585. The quantitative estimate of drug-likeness (QED) is 0.659. The zero-order chi connectivity index (χ0) is 13.8. The van der Waals surface area contributed by atoms with E-state index in [0.717, 1.165) is 12.1 Å². The van der Waals surface area contributed by atoms with E-state index in [1.807, 2.05) is 0 Å². The number of nitrogens with one attached hydrogen (secondary N) is 1. The second kappa shape index (κ2) is 5.56. The van der Waals surface area contributed by atoms with Gasteiger partial charge in [-0.3, -0.25) is 5.43 Å². The predicted octanol–water partition coefficient (Wildman–Crippen LogP) is 3.94. The fourth-order valence-electron chi connectivity index (χ4n) is 1.48. The molecule has 0 heterocycles. The fourth-order valence-corrected chi connectivity index (χ4v) is 1.48. The van der Waals surface area contributed by atoms with Crippen LogP contribution in [0.3, 0.4) is 0 Å². The molecule has 0 saturated carbocycles. The molecule has 0 aromatic heterocycles. The van der Waals surface area contributed by atoms with E-state index in [2.05, 4.69) is 10.5 Å². The van der Waals surface area contributed by atoms with Crippen LogP contribution >= 0.6 is 0 Å². The Morgan fingerprint density at radius 1 is 0.947 bits per heavy atom. The van der Waals surface area contributed by atoms with Gasteiger partial charge >= 0.3 is 0 Å². The van der Waals surface area contributed by atoms with Crippen molar-refractivity contribution in [3.8, 4) is 0 Å². The molecule has 0 saturated heterocycles. The molecule has 0 aliphatic heterocycles. The molecule has 5 heteroatoms. The molecule has 0 aliphatic carbocycles. The molecule has 98 valence electrons. The van der Waals surface area contributed by atoms with Crippen LogP contribution in [0.4, 0.5) is 18.9 Å². The zero-order valence-corrected chi connectivity index (χ0v) is 10.1. The summed E-state index contributed by atoms with van der Waals surface area (Å²) in [6, 6.07) is 8.92. The van der Waals surface area contributed by atoms with Crippen LogP contribution in [0, 0.1) is 17.5 Å². The Balaban J connectivity index is 2.15. The zero-order valence-electron chi connectivity index (χ0n) is 10.1. The Bertz CT molecular complexity index is 607. The molecule has 0 amide bonds. The van der Waals surface area contributed by atoms with Crippen molar-refractivity contribution in [3.05, 3.63) is 65.5 Å². The van der Waals surface area contributed by atoms with E-state index < -0.39 is 11.6 Å². The van der Waals surface area contributed by atoms with Gasteiger partial charge in [-0.25, -0.2) is 13.2 Å². The number of benzene rings is 2. The van der Waals surface area contributed by atoms with E-state index >= 15 is 0 Å². The maximum absolute atomic E-state index is 13.3. The number of anilines is 1. The van der Waals surface area contributed by atoms with Crippen LogP contribution in [-0.2, 0) is 0 Å². The number of rotatable bonds is 3. The third kappa shape index (κ3) is 3.34. The van der Waals surface area contributed by atoms with Gasteiger partial charge in [0.2, 0.25) is 0 Å². The van der Waals surface area contributed by atoms with Gasteiger partial charge in [-0.1, -0.05) is 12.1 Å². The Labute approximate surface area is 108 Å². The van der Waals surface area contributed by atoms with Crippen LogP contribution in [0.5, 0.6) is 0 Å². The fraction of sp³-hybridized carbons (Fsp3) is 0.0714.